The zero-order valence-electron chi connectivity index (χ0n) is 17.7. The molecular formula is C23H26N4O3. The number of benzene rings is 1. The van der Waals surface area contributed by atoms with E-state index in [9.17, 15) is 4.79 Å². The normalized spacial score (nSPS) is 14.3. The number of amides is 1. The molecule has 7 nitrogen and oxygen atoms in total. The van der Waals surface area contributed by atoms with Crippen molar-refractivity contribution in [2.24, 2.45) is 0 Å². The summed E-state index contributed by atoms with van der Waals surface area (Å²) in [5, 5.41) is 7.73. The Kier molecular flexibility index (Phi) is 5.20. The van der Waals surface area contributed by atoms with Crippen LogP contribution in [0, 0.1) is 0 Å². The third-order valence-corrected chi connectivity index (χ3v) is 5.05. The summed E-state index contributed by atoms with van der Waals surface area (Å²) in [6.45, 7) is 9.17. The predicted molar refractivity (Wildman–Crippen MR) is 115 cm³/mol. The van der Waals surface area contributed by atoms with Crippen LogP contribution in [0.15, 0.2) is 48.7 Å². The zero-order chi connectivity index (χ0) is 21.3. The summed E-state index contributed by atoms with van der Waals surface area (Å²) in [7, 11) is 0. The molecule has 0 bridgehead atoms. The second-order valence-corrected chi connectivity index (χ2v) is 8.38. The molecule has 1 aliphatic rings. The summed E-state index contributed by atoms with van der Waals surface area (Å²) >= 11 is 0. The van der Waals surface area contributed by atoms with E-state index in [4.69, 9.17) is 14.6 Å². The van der Waals surface area contributed by atoms with Gasteiger partial charge in [0, 0.05) is 17.7 Å². The minimum Gasteiger partial charge on any atom is -0.486 e. The number of ether oxygens (including phenoxy) is 2. The summed E-state index contributed by atoms with van der Waals surface area (Å²) in [5.41, 5.74) is 1.56. The lowest BCUT2D eigenvalue weighted by Gasteiger charge is -2.20. The second-order valence-electron chi connectivity index (χ2n) is 8.38. The van der Waals surface area contributed by atoms with Gasteiger partial charge in [-0.3, -0.25) is 4.79 Å². The molecule has 0 saturated heterocycles. The first-order chi connectivity index (χ1) is 14.3. The molecule has 156 valence electrons. The largest absolute Gasteiger partial charge is 0.486 e. The number of hydrogen-bond donors (Lipinski definition) is 1. The molecule has 1 aliphatic heterocycles. The van der Waals surface area contributed by atoms with Gasteiger partial charge >= 0.3 is 0 Å². The van der Waals surface area contributed by atoms with Crippen molar-refractivity contribution in [1.82, 2.24) is 14.8 Å². The number of rotatable bonds is 4. The van der Waals surface area contributed by atoms with Crippen molar-refractivity contribution in [1.29, 1.82) is 0 Å². The molecule has 2 aromatic heterocycles. The van der Waals surface area contributed by atoms with Gasteiger partial charge in [-0.25, -0.2) is 4.98 Å². The maximum atomic E-state index is 13.1. The maximum Gasteiger partial charge on any atom is 0.232 e. The van der Waals surface area contributed by atoms with E-state index in [1.54, 1.807) is 10.9 Å². The monoisotopic (exact) mass is 406 g/mol. The Balaban J connectivity index is 1.61. The average Bonchev–Trinajstić information content (AvgIpc) is 3.17. The Labute approximate surface area is 176 Å². The van der Waals surface area contributed by atoms with Gasteiger partial charge in [-0.2, -0.15) is 9.78 Å². The zero-order valence-corrected chi connectivity index (χ0v) is 17.7. The van der Waals surface area contributed by atoms with Gasteiger partial charge in [-0.15, -0.1) is 0 Å². The fourth-order valence-corrected chi connectivity index (χ4v) is 3.21. The van der Waals surface area contributed by atoms with E-state index in [0.29, 0.717) is 36.3 Å². The lowest BCUT2D eigenvalue weighted by molar-refractivity contribution is -0.117. The Morgan fingerprint density at radius 1 is 1.10 bits per heavy atom. The molecule has 1 atom stereocenters. The fraction of sp³-hybridized carbons (Fsp3) is 0.348. The van der Waals surface area contributed by atoms with Crippen LogP contribution in [0.2, 0.25) is 0 Å². The van der Waals surface area contributed by atoms with Crippen LogP contribution in [0.1, 0.15) is 44.9 Å². The van der Waals surface area contributed by atoms with Crippen LogP contribution < -0.4 is 14.8 Å². The SMILES string of the molecule is CC(C(=O)Nc1cc(C(C)(C)C)nn1-c1ccccn1)c1ccc2c(c1)OCCO2. The lowest BCUT2D eigenvalue weighted by Crippen LogP contribution is -2.21. The van der Waals surface area contributed by atoms with Gasteiger partial charge in [0.05, 0.1) is 11.6 Å². The number of carbonyl (C=O) groups excluding carboxylic acids is 1. The molecule has 0 aliphatic carbocycles. The van der Waals surface area contributed by atoms with Gasteiger partial charge in [0.1, 0.15) is 19.0 Å². The van der Waals surface area contributed by atoms with Crippen LogP contribution in [0.3, 0.4) is 0 Å². The van der Waals surface area contributed by atoms with Gasteiger partial charge < -0.3 is 14.8 Å². The highest BCUT2D eigenvalue weighted by Crippen LogP contribution is 2.33. The highest BCUT2D eigenvalue weighted by Gasteiger charge is 2.24. The first kappa shape index (κ1) is 19.9. The van der Waals surface area contributed by atoms with Crippen LogP contribution in [0.5, 0.6) is 11.5 Å². The second kappa shape index (κ2) is 7.82. The summed E-state index contributed by atoms with van der Waals surface area (Å²) < 4.78 is 12.9. The van der Waals surface area contributed by atoms with E-state index in [1.807, 2.05) is 49.4 Å². The van der Waals surface area contributed by atoms with Crippen molar-refractivity contribution < 1.29 is 14.3 Å². The molecule has 0 saturated carbocycles. The van der Waals surface area contributed by atoms with Crippen LogP contribution >= 0.6 is 0 Å². The van der Waals surface area contributed by atoms with E-state index >= 15 is 0 Å². The third-order valence-electron chi connectivity index (χ3n) is 5.05. The van der Waals surface area contributed by atoms with Gasteiger partial charge in [0.15, 0.2) is 17.3 Å². The van der Waals surface area contributed by atoms with Crippen molar-refractivity contribution in [3.8, 4) is 17.3 Å². The van der Waals surface area contributed by atoms with E-state index in [2.05, 4.69) is 31.1 Å². The van der Waals surface area contributed by atoms with Gasteiger partial charge in [0.2, 0.25) is 5.91 Å². The number of fused-ring (bicyclic) bond motifs is 1. The quantitative estimate of drug-likeness (QED) is 0.706. The molecule has 0 spiro atoms. The summed E-state index contributed by atoms with van der Waals surface area (Å²) in [5.74, 6) is 2.10. The van der Waals surface area contributed by atoms with Crippen LogP contribution in [0.4, 0.5) is 5.82 Å². The van der Waals surface area contributed by atoms with Gasteiger partial charge in [-0.1, -0.05) is 32.9 Å². The molecule has 1 unspecified atom stereocenters. The first-order valence-electron chi connectivity index (χ1n) is 10.1. The molecule has 0 radical (unpaired) electrons. The number of carbonyl (C=O) groups is 1. The third kappa shape index (κ3) is 4.01. The van der Waals surface area contributed by atoms with Gasteiger partial charge in [0.25, 0.3) is 0 Å². The molecule has 30 heavy (non-hydrogen) atoms. The molecule has 1 N–H and O–H groups in total. The Morgan fingerprint density at radius 3 is 2.57 bits per heavy atom. The maximum absolute atomic E-state index is 13.1. The molecule has 3 aromatic rings. The predicted octanol–water partition coefficient (Wildman–Crippen LogP) is 4.08. The number of aromatic nitrogens is 3. The number of pyridine rings is 1. The Hall–Kier alpha value is -3.35. The molecule has 4 rings (SSSR count). The number of anilines is 1. The van der Waals surface area contributed by atoms with E-state index in [0.717, 1.165) is 11.3 Å². The summed E-state index contributed by atoms with van der Waals surface area (Å²) in [4.78, 5) is 17.5. The molecule has 1 amide bonds. The number of nitrogens with zero attached hydrogens (tertiary/aromatic N) is 3. The highest BCUT2D eigenvalue weighted by atomic mass is 16.6. The lowest BCUT2D eigenvalue weighted by atomic mass is 9.92. The summed E-state index contributed by atoms with van der Waals surface area (Å²) in [6.07, 6.45) is 1.71. The molecule has 1 aromatic carbocycles. The highest BCUT2D eigenvalue weighted by molar-refractivity contribution is 5.95. The van der Waals surface area contributed by atoms with E-state index < -0.39 is 0 Å². The van der Waals surface area contributed by atoms with Crippen LogP contribution in [0.25, 0.3) is 5.82 Å². The van der Waals surface area contributed by atoms with Crippen LogP contribution in [-0.2, 0) is 10.2 Å². The molecule has 0 fully saturated rings. The molecule has 7 heteroatoms. The van der Waals surface area contributed by atoms with Crippen molar-refractivity contribution in [2.45, 2.75) is 39.0 Å². The minimum atomic E-state index is -0.383. The van der Waals surface area contributed by atoms with E-state index in [-0.39, 0.29) is 17.2 Å². The standard InChI is InChI=1S/C23H26N4O3/c1-15(16-8-9-17-18(13-16)30-12-11-29-17)22(28)25-21-14-19(23(2,3)4)26-27(21)20-7-5-6-10-24-20/h5-10,13-15H,11-12H2,1-4H3,(H,25,28). The number of hydrogen-bond acceptors (Lipinski definition) is 5. The van der Waals surface area contributed by atoms with Crippen molar-refractivity contribution >= 4 is 11.7 Å². The van der Waals surface area contributed by atoms with Crippen molar-refractivity contribution in [2.75, 3.05) is 18.5 Å². The Bertz CT molecular complexity index is 1050. The van der Waals surface area contributed by atoms with Gasteiger partial charge in [-0.05, 0) is 36.8 Å². The molecular weight excluding hydrogens is 380 g/mol. The average molecular weight is 406 g/mol. The van der Waals surface area contributed by atoms with Crippen LogP contribution in [-0.4, -0.2) is 33.9 Å². The minimum absolute atomic E-state index is 0.135. The van der Waals surface area contributed by atoms with E-state index in [1.165, 1.54) is 0 Å². The van der Waals surface area contributed by atoms with Crippen molar-refractivity contribution in [3.63, 3.8) is 0 Å². The molecule has 3 heterocycles. The topological polar surface area (TPSA) is 78.3 Å². The summed E-state index contributed by atoms with van der Waals surface area (Å²) in [6, 6.07) is 13.1. The number of nitrogens with one attached hydrogen (secondary N) is 1. The smallest absolute Gasteiger partial charge is 0.232 e. The van der Waals surface area contributed by atoms with Crippen molar-refractivity contribution in [3.05, 3.63) is 59.9 Å². The fourth-order valence-electron chi connectivity index (χ4n) is 3.21. The first-order valence-corrected chi connectivity index (χ1v) is 10.1. The Morgan fingerprint density at radius 2 is 1.87 bits per heavy atom.